The number of sulfonamides is 1. The van der Waals surface area contributed by atoms with E-state index < -0.39 is 10.0 Å². The second kappa shape index (κ2) is 10.8. The van der Waals surface area contributed by atoms with Crippen LogP contribution in [0.15, 0.2) is 61.2 Å². The molecule has 1 aliphatic rings. The highest BCUT2D eigenvalue weighted by molar-refractivity contribution is 7.92. The molecule has 0 spiro atoms. The summed E-state index contributed by atoms with van der Waals surface area (Å²) in [6.45, 7) is 4.85. The average molecular weight is 523 g/mol. The van der Waals surface area contributed by atoms with Crippen molar-refractivity contribution >= 4 is 38.1 Å². The van der Waals surface area contributed by atoms with Crippen LogP contribution in [0.2, 0.25) is 0 Å². The fourth-order valence-electron chi connectivity index (χ4n) is 4.15. The van der Waals surface area contributed by atoms with Crippen molar-refractivity contribution < 1.29 is 17.5 Å². The summed E-state index contributed by atoms with van der Waals surface area (Å²) in [5.74, 6) is 0.290. The maximum absolute atomic E-state index is 13.7. The van der Waals surface area contributed by atoms with Gasteiger partial charge in [-0.2, -0.15) is 0 Å². The number of morpholine rings is 1. The van der Waals surface area contributed by atoms with E-state index in [4.69, 9.17) is 4.74 Å². The van der Waals surface area contributed by atoms with Crippen LogP contribution < -0.4 is 10.0 Å². The lowest BCUT2D eigenvalue weighted by Gasteiger charge is -2.26. The summed E-state index contributed by atoms with van der Waals surface area (Å²) in [5.41, 5.74) is 3.92. The lowest BCUT2D eigenvalue weighted by atomic mass is 10.0. The van der Waals surface area contributed by atoms with E-state index in [-0.39, 0.29) is 11.6 Å². The molecule has 0 atom stereocenters. The lowest BCUT2D eigenvalue weighted by Crippen LogP contribution is -2.39. The SMILES string of the molecule is Cc1cc(Nc2ncnc3ccc(-c4cncc(NS(=O)(=O)CCN5CCOCC5)c4)cc23)ccc1F. The smallest absolute Gasteiger partial charge is 0.234 e. The lowest BCUT2D eigenvalue weighted by molar-refractivity contribution is 0.0408. The minimum Gasteiger partial charge on any atom is -0.379 e. The van der Waals surface area contributed by atoms with Gasteiger partial charge in [0.1, 0.15) is 18.0 Å². The van der Waals surface area contributed by atoms with Gasteiger partial charge < -0.3 is 10.1 Å². The minimum absolute atomic E-state index is 0.0115. The van der Waals surface area contributed by atoms with Crippen LogP contribution in [0.5, 0.6) is 0 Å². The summed E-state index contributed by atoms with van der Waals surface area (Å²) in [7, 11) is -3.54. The summed E-state index contributed by atoms with van der Waals surface area (Å²) in [4.78, 5) is 15.0. The van der Waals surface area contributed by atoms with E-state index in [9.17, 15) is 12.8 Å². The van der Waals surface area contributed by atoms with Gasteiger partial charge in [0.2, 0.25) is 10.0 Å². The number of rotatable bonds is 8. The number of hydrogen-bond donors (Lipinski definition) is 2. The number of aryl methyl sites for hydroxylation is 1. The van der Waals surface area contributed by atoms with Crippen molar-refractivity contribution in [1.82, 2.24) is 19.9 Å². The number of nitrogens with zero attached hydrogens (tertiary/aromatic N) is 4. The van der Waals surface area contributed by atoms with Crippen LogP contribution in [-0.4, -0.2) is 66.9 Å². The summed E-state index contributed by atoms with van der Waals surface area (Å²) >= 11 is 0. The number of nitrogens with one attached hydrogen (secondary N) is 2. The summed E-state index contributed by atoms with van der Waals surface area (Å²) in [6.07, 6.45) is 4.63. The first kappa shape index (κ1) is 25.0. The number of halogens is 1. The summed E-state index contributed by atoms with van der Waals surface area (Å²) in [6, 6.07) is 12.2. The van der Waals surface area contributed by atoms with Crippen LogP contribution in [0.25, 0.3) is 22.0 Å². The van der Waals surface area contributed by atoms with E-state index in [0.717, 1.165) is 35.1 Å². The van der Waals surface area contributed by atoms with Gasteiger partial charge in [-0.05, 0) is 54.4 Å². The molecule has 37 heavy (non-hydrogen) atoms. The molecule has 1 fully saturated rings. The van der Waals surface area contributed by atoms with Gasteiger partial charge in [-0.15, -0.1) is 0 Å². The Hall–Kier alpha value is -3.67. The van der Waals surface area contributed by atoms with Crippen molar-refractivity contribution in [2.75, 3.05) is 48.6 Å². The number of fused-ring (bicyclic) bond motifs is 1. The third kappa shape index (κ3) is 6.19. The van der Waals surface area contributed by atoms with Gasteiger partial charge >= 0.3 is 0 Å². The third-order valence-electron chi connectivity index (χ3n) is 6.18. The third-order valence-corrected chi connectivity index (χ3v) is 7.45. The van der Waals surface area contributed by atoms with Gasteiger partial charge in [-0.3, -0.25) is 14.6 Å². The largest absolute Gasteiger partial charge is 0.379 e. The summed E-state index contributed by atoms with van der Waals surface area (Å²) < 4.78 is 47.0. The normalized spacial score (nSPS) is 14.5. The van der Waals surface area contributed by atoms with E-state index in [1.165, 1.54) is 18.6 Å². The fraction of sp³-hybridized carbons (Fsp3) is 0.269. The molecule has 11 heteroatoms. The van der Waals surface area contributed by atoms with Gasteiger partial charge in [-0.1, -0.05) is 6.07 Å². The number of pyridine rings is 1. The maximum Gasteiger partial charge on any atom is 0.234 e. The van der Waals surface area contributed by atoms with Crippen LogP contribution in [-0.2, 0) is 14.8 Å². The highest BCUT2D eigenvalue weighted by Gasteiger charge is 2.17. The van der Waals surface area contributed by atoms with Crippen LogP contribution in [0.4, 0.5) is 21.6 Å². The second-order valence-electron chi connectivity index (χ2n) is 8.88. The molecule has 9 nitrogen and oxygen atoms in total. The Morgan fingerprint density at radius 3 is 2.65 bits per heavy atom. The Balaban J connectivity index is 1.36. The molecule has 0 unspecified atom stereocenters. The number of anilines is 3. The maximum atomic E-state index is 13.7. The Morgan fingerprint density at radius 1 is 1.00 bits per heavy atom. The van der Waals surface area contributed by atoms with Crippen LogP contribution in [0.1, 0.15) is 5.56 Å². The molecule has 1 aliphatic heterocycles. The van der Waals surface area contributed by atoms with Crippen molar-refractivity contribution in [2.24, 2.45) is 0 Å². The zero-order chi connectivity index (χ0) is 25.8. The average Bonchev–Trinajstić information content (AvgIpc) is 2.90. The van der Waals surface area contributed by atoms with Gasteiger partial charge in [0.25, 0.3) is 0 Å². The molecule has 2 N–H and O–H groups in total. The molecule has 0 aliphatic carbocycles. The molecule has 0 amide bonds. The van der Waals surface area contributed by atoms with Crippen molar-refractivity contribution in [3.8, 4) is 11.1 Å². The predicted octanol–water partition coefficient (Wildman–Crippen LogP) is 3.96. The predicted molar refractivity (Wildman–Crippen MR) is 142 cm³/mol. The number of benzene rings is 2. The second-order valence-corrected chi connectivity index (χ2v) is 10.7. The van der Waals surface area contributed by atoms with E-state index in [2.05, 4.69) is 29.9 Å². The zero-order valence-electron chi connectivity index (χ0n) is 20.3. The topological polar surface area (TPSA) is 109 Å². The zero-order valence-corrected chi connectivity index (χ0v) is 21.1. The molecule has 2 aromatic carbocycles. The van der Waals surface area contributed by atoms with Crippen molar-refractivity contribution in [3.05, 3.63) is 72.6 Å². The van der Waals surface area contributed by atoms with E-state index in [1.807, 2.05) is 18.2 Å². The molecular weight excluding hydrogens is 495 g/mol. The highest BCUT2D eigenvalue weighted by Crippen LogP contribution is 2.30. The highest BCUT2D eigenvalue weighted by atomic mass is 32.2. The standard InChI is InChI=1S/C26H27FN6O3S/c1-18-12-21(3-4-24(18)27)31-26-23-14-19(2-5-25(23)29-17-30-26)20-13-22(16-28-15-20)32-37(34,35)11-8-33-6-9-36-10-7-33/h2-5,12-17,32H,6-11H2,1H3,(H,29,30,31). The monoisotopic (exact) mass is 522 g/mol. The summed E-state index contributed by atoms with van der Waals surface area (Å²) in [5, 5.41) is 4.00. The number of aromatic nitrogens is 3. The van der Waals surface area contributed by atoms with Crippen LogP contribution >= 0.6 is 0 Å². The van der Waals surface area contributed by atoms with Gasteiger partial charge in [0.05, 0.1) is 36.4 Å². The fourth-order valence-corrected chi connectivity index (χ4v) is 5.22. The van der Waals surface area contributed by atoms with Gasteiger partial charge in [-0.25, -0.2) is 22.8 Å². The van der Waals surface area contributed by atoms with Crippen LogP contribution in [0, 0.1) is 12.7 Å². The number of ether oxygens (including phenoxy) is 1. The Kier molecular flexibility index (Phi) is 7.26. The first-order valence-electron chi connectivity index (χ1n) is 11.9. The first-order valence-corrected chi connectivity index (χ1v) is 13.6. The molecule has 4 aromatic rings. The molecule has 2 aromatic heterocycles. The molecular formula is C26H27FN6O3S. The molecule has 0 radical (unpaired) electrons. The van der Waals surface area contributed by atoms with Crippen molar-refractivity contribution in [3.63, 3.8) is 0 Å². The molecule has 1 saturated heterocycles. The van der Waals surface area contributed by atoms with Crippen molar-refractivity contribution in [2.45, 2.75) is 6.92 Å². The van der Waals surface area contributed by atoms with Gasteiger partial charge in [0.15, 0.2) is 0 Å². The van der Waals surface area contributed by atoms with E-state index >= 15 is 0 Å². The molecule has 192 valence electrons. The quantitative estimate of drug-likeness (QED) is 0.358. The van der Waals surface area contributed by atoms with Crippen LogP contribution in [0.3, 0.4) is 0 Å². The Bertz CT molecular complexity index is 1530. The minimum atomic E-state index is -3.54. The van der Waals surface area contributed by atoms with Gasteiger partial charge in [0, 0.05) is 42.5 Å². The molecule has 0 bridgehead atoms. The molecule has 3 heterocycles. The molecule has 5 rings (SSSR count). The van der Waals surface area contributed by atoms with E-state index in [0.29, 0.717) is 42.5 Å². The van der Waals surface area contributed by atoms with E-state index in [1.54, 1.807) is 31.3 Å². The van der Waals surface area contributed by atoms with Crippen molar-refractivity contribution in [1.29, 1.82) is 0 Å². The Labute approximate surface area is 214 Å². The Morgan fingerprint density at radius 2 is 1.84 bits per heavy atom. The number of hydrogen-bond acceptors (Lipinski definition) is 8. The molecule has 0 saturated carbocycles. The first-order chi connectivity index (χ1) is 17.9.